The largest absolute Gasteiger partial charge is 0.391 e. The Bertz CT molecular complexity index is 133. The van der Waals surface area contributed by atoms with Crippen molar-refractivity contribution in [2.24, 2.45) is 5.41 Å². The smallest absolute Gasteiger partial charge is 0.0715 e. The minimum atomic E-state index is -0.185. The van der Waals surface area contributed by atoms with E-state index < -0.39 is 0 Å². The first-order valence-electron chi connectivity index (χ1n) is 4.90. The molecule has 0 radical (unpaired) electrons. The number of rotatable bonds is 2. The van der Waals surface area contributed by atoms with Crippen LogP contribution in [0, 0.1) is 5.41 Å². The lowest BCUT2D eigenvalue weighted by atomic mass is 9.89. The number of aliphatic hydroxyl groups excluding tert-OH is 1. The van der Waals surface area contributed by atoms with Crippen molar-refractivity contribution in [2.75, 3.05) is 19.6 Å². The summed E-state index contributed by atoms with van der Waals surface area (Å²) >= 11 is 0. The van der Waals surface area contributed by atoms with Crippen LogP contribution in [0.25, 0.3) is 0 Å². The number of likely N-dealkylation sites (tertiary alicyclic amines) is 1. The number of hydrogen-bond acceptors (Lipinski definition) is 2. The lowest BCUT2D eigenvalue weighted by Gasteiger charge is -2.29. The lowest BCUT2D eigenvalue weighted by molar-refractivity contribution is 0.0345. The Hall–Kier alpha value is -0.0800. The van der Waals surface area contributed by atoms with Gasteiger partial charge in [0.2, 0.25) is 0 Å². The van der Waals surface area contributed by atoms with Crippen LogP contribution >= 0.6 is 0 Å². The van der Waals surface area contributed by atoms with Crippen molar-refractivity contribution in [3.8, 4) is 0 Å². The molecule has 0 bridgehead atoms. The van der Waals surface area contributed by atoms with E-state index in [0.717, 1.165) is 6.54 Å². The summed E-state index contributed by atoms with van der Waals surface area (Å²) in [6.07, 6.45) is 2.42. The molecule has 0 saturated carbocycles. The van der Waals surface area contributed by atoms with Gasteiger partial charge < -0.3 is 10.0 Å². The Labute approximate surface area is 75.6 Å². The summed E-state index contributed by atoms with van der Waals surface area (Å²) in [6, 6.07) is 0. The molecule has 1 aliphatic rings. The highest BCUT2D eigenvalue weighted by Crippen LogP contribution is 2.21. The molecule has 0 unspecified atom stereocenters. The van der Waals surface area contributed by atoms with Crippen molar-refractivity contribution in [1.82, 2.24) is 4.90 Å². The molecule has 0 aromatic carbocycles. The second-order valence-corrected chi connectivity index (χ2v) is 4.89. The van der Waals surface area contributed by atoms with Crippen LogP contribution in [-0.2, 0) is 0 Å². The summed E-state index contributed by atoms with van der Waals surface area (Å²) in [5, 5.41) is 9.80. The predicted molar refractivity (Wildman–Crippen MR) is 51.1 cm³/mol. The molecule has 2 nitrogen and oxygen atoms in total. The van der Waals surface area contributed by atoms with Crippen LogP contribution in [0.3, 0.4) is 0 Å². The SMILES string of the molecule is CC(C)(C)[C@@H](O)CN1CCCC1. The number of aliphatic hydroxyl groups is 1. The Morgan fingerprint density at radius 1 is 1.25 bits per heavy atom. The van der Waals surface area contributed by atoms with Gasteiger partial charge in [0.1, 0.15) is 0 Å². The van der Waals surface area contributed by atoms with Crippen molar-refractivity contribution >= 4 is 0 Å². The predicted octanol–water partition coefficient (Wildman–Crippen LogP) is 1.49. The van der Waals surface area contributed by atoms with E-state index in [1.54, 1.807) is 0 Å². The van der Waals surface area contributed by atoms with Gasteiger partial charge in [-0.2, -0.15) is 0 Å². The summed E-state index contributed by atoms with van der Waals surface area (Å²) in [6.45, 7) is 9.47. The zero-order valence-corrected chi connectivity index (χ0v) is 8.51. The zero-order chi connectivity index (χ0) is 9.19. The van der Waals surface area contributed by atoms with Crippen LogP contribution in [0.1, 0.15) is 33.6 Å². The van der Waals surface area contributed by atoms with E-state index in [-0.39, 0.29) is 11.5 Å². The molecule has 0 aromatic rings. The van der Waals surface area contributed by atoms with Gasteiger partial charge in [0.25, 0.3) is 0 Å². The summed E-state index contributed by atoms with van der Waals surface area (Å²) in [4.78, 5) is 2.36. The molecule has 2 heteroatoms. The van der Waals surface area contributed by atoms with Gasteiger partial charge in [-0.05, 0) is 31.3 Å². The fourth-order valence-corrected chi connectivity index (χ4v) is 1.48. The molecular formula is C10H21NO. The van der Waals surface area contributed by atoms with Crippen molar-refractivity contribution in [1.29, 1.82) is 0 Å². The molecular weight excluding hydrogens is 150 g/mol. The fourth-order valence-electron chi connectivity index (χ4n) is 1.48. The second kappa shape index (κ2) is 3.75. The zero-order valence-electron chi connectivity index (χ0n) is 8.51. The van der Waals surface area contributed by atoms with Gasteiger partial charge in [-0.25, -0.2) is 0 Å². The number of hydrogen-bond donors (Lipinski definition) is 1. The average Bonchev–Trinajstić information content (AvgIpc) is 2.37. The van der Waals surface area contributed by atoms with Crippen molar-refractivity contribution in [2.45, 2.75) is 39.7 Å². The first-order chi connectivity index (χ1) is 5.50. The molecule has 1 N–H and O–H groups in total. The van der Waals surface area contributed by atoms with Crippen LogP contribution in [0.15, 0.2) is 0 Å². The first-order valence-corrected chi connectivity index (χ1v) is 4.90. The molecule has 1 saturated heterocycles. The van der Waals surface area contributed by atoms with E-state index in [4.69, 9.17) is 0 Å². The molecule has 1 rings (SSSR count). The molecule has 1 heterocycles. The van der Waals surface area contributed by atoms with Crippen molar-refractivity contribution < 1.29 is 5.11 Å². The highest BCUT2D eigenvalue weighted by atomic mass is 16.3. The third-order valence-corrected chi connectivity index (χ3v) is 2.63. The summed E-state index contributed by atoms with van der Waals surface area (Å²) in [5.74, 6) is 0. The van der Waals surface area contributed by atoms with Gasteiger partial charge in [0.15, 0.2) is 0 Å². The molecule has 72 valence electrons. The molecule has 12 heavy (non-hydrogen) atoms. The van der Waals surface area contributed by atoms with E-state index in [1.165, 1.54) is 25.9 Å². The number of β-amino-alcohol motifs (C(OH)–C–C–N with tert-alkyl or cyclic N) is 1. The molecule has 1 aliphatic heterocycles. The van der Waals surface area contributed by atoms with Gasteiger partial charge in [-0.3, -0.25) is 0 Å². The Morgan fingerprint density at radius 3 is 2.17 bits per heavy atom. The third kappa shape index (κ3) is 2.76. The van der Waals surface area contributed by atoms with E-state index in [0.29, 0.717) is 0 Å². The van der Waals surface area contributed by atoms with Gasteiger partial charge in [-0.15, -0.1) is 0 Å². The maximum absolute atomic E-state index is 9.80. The topological polar surface area (TPSA) is 23.5 Å². The van der Waals surface area contributed by atoms with Crippen LogP contribution in [0.2, 0.25) is 0 Å². The van der Waals surface area contributed by atoms with Crippen LogP contribution in [-0.4, -0.2) is 35.7 Å². The molecule has 1 atom stereocenters. The first kappa shape index (κ1) is 10.0. The highest BCUT2D eigenvalue weighted by Gasteiger charge is 2.25. The Balaban J connectivity index is 2.30. The van der Waals surface area contributed by atoms with Gasteiger partial charge in [-0.1, -0.05) is 20.8 Å². The third-order valence-electron chi connectivity index (χ3n) is 2.63. The molecule has 0 spiro atoms. The van der Waals surface area contributed by atoms with Gasteiger partial charge in [0, 0.05) is 6.54 Å². The summed E-state index contributed by atoms with van der Waals surface area (Å²) < 4.78 is 0. The number of nitrogens with zero attached hydrogens (tertiary/aromatic N) is 1. The molecule has 0 aliphatic carbocycles. The molecule has 1 fully saturated rings. The highest BCUT2D eigenvalue weighted by molar-refractivity contribution is 4.78. The van der Waals surface area contributed by atoms with E-state index in [9.17, 15) is 5.11 Å². The maximum Gasteiger partial charge on any atom is 0.0715 e. The van der Waals surface area contributed by atoms with Crippen LogP contribution < -0.4 is 0 Å². The van der Waals surface area contributed by atoms with E-state index >= 15 is 0 Å². The maximum atomic E-state index is 9.80. The fraction of sp³-hybridized carbons (Fsp3) is 1.00. The van der Waals surface area contributed by atoms with E-state index in [1.807, 2.05) is 0 Å². The van der Waals surface area contributed by atoms with Gasteiger partial charge >= 0.3 is 0 Å². The van der Waals surface area contributed by atoms with Crippen LogP contribution in [0.5, 0.6) is 0 Å². The molecule has 0 amide bonds. The van der Waals surface area contributed by atoms with E-state index in [2.05, 4.69) is 25.7 Å². The normalized spacial score (nSPS) is 23.0. The Morgan fingerprint density at radius 2 is 1.75 bits per heavy atom. The minimum Gasteiger partial charge on any atom is -0.391 e. The van der Waals surface area contributed by atoms with Gasteiger partial charge in [0.05, 0.1) is 6.10 Å². The minimum absolute atomic E-state index is 0.0303. The standard InChI is InChI=1S/C10H21NO/c1-10(2,3)9(12)8-11-6-4-5-7-11/h9,12H,4-8H2,1-3H3/t9-/m0/s1. The summed E-state index contributed by atoms with van der Waals surface area (Å²) in [5.41, 5.74) is 0.0303. The monoisotopic (exact) mass is 171 g/mol. The van der Waals surface area contributed by atoms with Crippen LogP contribution in [0.4, 0.5) is 0 Å². The quantitative estimate of drug-likeness (QED) is 0.680. The van der Waals surface area contributed by atoms with Crippen molar-refractivity contribution in [3.63, 3.8) is 0 Å². The molecule has 0 aromatic heterocycles. The lowest BCUT2D eigenvalue weighted by Crippen LogP contribution is -2.38. The average molecular weight is 171 g/mol. The second-order valence-electron chi connectivity index (χ2n) is 4.89. The van der Waals surface area contributed by atoms with Crippen molar-refractivity contribution in [3.05, 3.63) is 0 Å². The summed E-state index contributed by atoms with van der Waals surface area (Å²) in [7, 11) is 0. The Kier molecular flexibility index (Phi) is 3.13.